The summed E-state index contributed by atoms with van der Waals surface area (Å²) in [4.78, 5) is 11.5. The lowest BCUT2D eigenvalue weighted by Crippen LogP contribution is -2.40. The molecule has 6 heteroatoms. The lowest BCUT2D eigenvalue weighted by Gasteiger charge is -2.15. The third-order valence-electron chi connectivity index (χ3n) is 2.78. The van der Waals surface area contributed by atoms with Gasteiger partial charge in [0, 0.05) is 11.3 Å². The first-order chi connectivity index (χ1) is 7.04. The van der Waals surface area contributed by atoms with Crippen LogP contribution in [0, 0.1) is 5.92 Å². The van der Waals surface area contributed by atoms with E-state index in [1.165, 1.54) is 0 Å². The summed E-state index contributed by atoms with van der Waals surface area (Å²) in [5.74, 6) is -0.820. The maximum absolute atomic E-state index is 11.5. The van der Waals surface area contributed by atoms with Gasteiger partial charge in [0.25, 0.3) is 0 Å². The van der Waals surface area contributed by atoms with Crippen LogP contribution in [0.5, 0.6) is 0 Å². The Labute approximate surface area is 93.5 Å². The van der Waals surface area contributed by atoms with Crippen LogP contribution in [-0.2, 0) is 4.79 Å². The molecule has 0 spiro atoms. The summed E-state index contributed by atoms with van der Waals surface area (Å²) in [6, 6.07) is 0. The summed E-state index contributed by atoms with van der Waals surface area (Å²) in [5, 5.41) is 14.1. The second-order valence-corrected chi connectivity index (χ2v) is 5.13. The number of nitrogens with two attached hydrogens (primary N) is 1. The van der Waals surface area contributed by atoms with E-state index in [0.717, 1.165) is 12.8 Å². The van der Waals surface area contributed by atoms with Crippen molar-refractivity contribution in [2.45, 2.75) is 24.5 Å². The van der Waals surface area contributed by atoms with Gasteiger partial charge < -0.3 is 16.3 Å². The van der Waals surface area contributed by atoms with E-state index in [0.29, 0.717) is 6.54 Å². The van der Waals surface area contributed by atoms with E-state index in [1.807, 2.05) is 6.26 Å². The van der Waals surface area contributed by atoms with Gasteiger partial charge in [-0.3, -0.25) is 4.79 Å². The fourth-order valence-corrected chi connectivity index (χ4v) is 1.94. The van der Waals surface area contributed by atoms with Crippen molar-refractivity contribution < 1.29 is 10.0 Å². The third-order valence-corrected chi connectivity index (χ3v) is 4.20. The minimum atomic E-state index is -0.576. The summed E-state index contributed by atoms with van der Waals surface area (Å²) in [7, 11) is 0. The maximum atomic E-state index is 11.5. The molecular weight excluding hydrogens is 214 g/mol. The van der Waals surface area contributed by atoms with Crippen LogP contribution in [0.4, 0.5) is 0 Å². The first-order valence-electron chi connectivity index (χ1n) is 4.85. The number of amidine groups is 1. The summed E-state index contributed by atoms with van der Waals surface area (Å²) in [5.41, 5.74) is 5.34. The number of nitrogens with zero attached hydrogens (tertiary/aromatic N) is 1. The number of oxime groups is 1. The molecule has 0 aromatic rings. The number of nitrogens with one attached hydrogen (secondary N) is 1. The molecule has 5 nitrogen and oxygen atoms in total. The van der Waals surface area contributed by atoms with Crippen LogP contribution in [0.3, 0.4) is 0 Å². The molecule has 1 fully saturated rings. The number of amides is 1. The number of rotatable bonds is 5. The average Bonchev–Trinajstić information content (AvgIpc) is 3.04. The van der Waals surface area contributed by atoms with Crippen LogP contribution in [0.2, 0.25) is 0 Å². The fourth-order valence-electron chi connectivity index (χ4n) is 1.21. The van der Waals surface area contributed by atoms with Gasteiger partial charge in [-0.15, -0.1) is 0 Å². The monoisotopic (exact) mass is 231 g/mol. The van der Waals surface area contributed by atoms with Gasteiger partial charge in [-0.25, -0.2) is 0 Å². The SMILES string of the molecule is CSC1(CNC(=O)C(C)C(N)=NO)CC1. The highest BCUT2D eigenvalue weighted by atomic mass is 32.2. The van der Waals surface area contributed by atoms with E-state index in [9.17, 15) is 4.79 Å². The fraction of sp³-hybridized carbons (Fsp3) is 0.778. The van der Waals surface area contributed by atoms with Crippen molar-refractivity contribution in [3.63, 3.8) is 0 Å². The van der Waals surface area contributed by atoms with E-state index >= 15 is 0 Å². The number of hydrogen-bond donors (Lipinski definition) is 3. The molecule has 1 aliphatic carbocycles. The summed E-state index contributed by atoms with van der Waals surface area (Å²) >= 11 is 1.78. The molecule has 4 N–H and O–H groups in total. The third kappa shape index (κ3) is 3.02. The highest BCUT2D eigenvalue weighted by Crippen LogP contribution is 2.46. The number of carbonyl (C=O) groups is 1. The number of carbonyl (C=O) groups excluding carboxylic acids is 1. The Morgan fingerprint density at radius 2 is 2.33 bits per heavy atom. The molecular formula is C9H17N3O2S. The van der Waals surface area contributed by atoms with Crippen LogP contribution in [0.15, 0.2) is 5.16 Å². The van der Waals surface area contributed by atoms with Crippen molar-refractivity contribution in [3.8, 4) is 0 Å². The molecule has 0 heterocycles. The van der Waals surface area contributed by atoms with Crippen molar-refractivity contribution in [2.75, 3.05) is 12.8 Å². The topological polar surface area (TPSA) is 87.7 Å². The highest BCUT2D eigenvalue weighted by molar-refractivity contribution is 8.00. The molecule has 1 saturated carbocycles. The zero-order valence-corrected chi connectivity index (χ0v) is 9.80. The molecule has 15 heavy (non-hydrogen) atoms. The van der Waals surface area contributed by atoms with Crippen molar-refractivity contribution in [1.82, 2.24) is 5.32 Å². The molecule has 1 atom stereocenters. The van der Waals surface area contributed by atoms with E-state index in [1.54, 1.807) is 18.7 Å². The molecule has 0 bridgehead atoms. The minimum Gasteiger partial charge on any atom is -0.409 e. The van der Waals surface area contributed by atoms with Gasteiger partial charge in [0.2, 0.25) is 5.91 Å². The Morgan fingerprint density at radius 1 is 1.73 bits per heavy atom. The Balaban J connectivity index is 2.36. The number of hydrogen-bond acceptors (Lipinski definition) is 4. The van der Waals surface area contributed by atoms with Gasteiger partial charge >= 0.3 is 0 Å². The second-order valence-electron chi connectivity index (χ2n) is 3.85. The minimum absolute atomic E-state index is 0.0542. The molecule has 1 aliphatic rings. The highest BCUT2D eigenvalue weighted by Gasteiger charge is 2.42. The van der Waals surface area contributed by atoms with Crippen LogP contribution in [0.25, 0.3) is 0 Å². The van der Waals surface area contributed by atoms with Gasteiger partial charge in [-0.1, -0.05) is 5.16 Å². The zero-order valence-electron chi connectivity index (χ0n) is 8.99. The molecule has 0 radical (unpaired) electrons. The van der Waals surface area contributed by atoms with Crippen molar-refractivity contribution in [2.24, 2.45) is 16.8 Å². The van der Waals surface area contributed by atoms with Crippen molar-refractivity contribution in [3.05, 3.63) is 0 Å². The standard InChI is InChI=1S/C9H17N3O2S/c1-6(7(10)12-14)8(13)11-5-9(15-2)3-4-9/h6,14H,3-5H2,1-2H3,(H2,10,12)(H,11,13). The first kappa shape index (κ1) is 12.2. The molecule has 0 aromatic heterocycles. The van der Waals surface area contributed by atoms with E-state index in [4.69, 9.17) is 10.9 Å². The Bertz CT molecular complexity index is 277. The molecule has 1 amide bonds. The van der Waals surface area contributed by atoms with Gasteiger partial charge in [-0.05, 0) is 26.0 Å². The van der Waals surface area contributed by atoms with Crippen LogP contribution >= 0.6 is 11.8 Å². The smallest absolute Gasteiger partial charge is 0.230 e. The molecule has 0 saturated heterocycles. The van der Waals surface area contributed by atoms with Crippen LogP contribution in [-0.4, -0.2) is 34.5 Å². The van der Waals surface area contributed by atoms with Gasteiger partial charge in [0.1, 0.15) is 0 Å². The molecule has 0 aliphatic heterocycles. The second kappa shape index (κ2) is 4.74. The molecule has 1 rings (SSSR count). The summed E-state index contributed by atoms with van der Waals surface area (Å²) < 4.78 is 0.237. The summed E-state index contributed by atoms with van der Waals surface area (Å²) in [6.45, 7) is 2.28. The van der Waals surface area contributed by atoms with E-state index in [-0.39, 0.29) is 16.5 Å². The van der Waals surface area contributed by atoms with E-state index < -0.39 is 5.92 Å². The predicted octanol–water partition coefficient (Wildman–Crippen LogP) is 0.381. The normalized spacial score (nSPS) is 20.8. The van der Waals surface area contributed by atoms with Gasteiger partial charge in [0.05, 0.1) is 5.92 Å². The molecule has 0 aromatic carbocycles. The lowest BCUT2D eigenvalue weighted by molar-refractivity contribution is -0.122. The van der Waals surface area contributed by atoms with Gasteiger partial charge in [-0.2, -0.15) is 11.8 Å². The van der Waals surface area contributed by atoms with E-state index in [2.05, 4.69) is 10.5 Å². The Morgan fingerprint density at radius 3 is 2.73 bits per heavy atom. The number of thioether (sulfide) groups is 1. The Kier molecular flexibility index (Phi) is 3.84. The first-order valence-corrected chi connectivity index (χ1v) is 6.07. The van der Waals surface area contributed by atoms with Crippen LogP contribution in [0.1, 0.15) is 19.8 Å². The quantitative estimate of drug-likeness (QED) is 0.276. The lowest BCUT2D eigenvalue weighted by atomic mass is 10.1. The van der Waals surface area contributed by atoms with Gasteiger partial charge in [0.15, 0.2) is 5.84 Å². The Hall–Kier alpha value is -0.910. The predicted molar refractivity (Wildman–Crippen MR) is 61.1 cm³/mol. The summed E-state index contributed by atoms with van der Waals surface area (Å²) in [6.07, 6.45) is 4.34. The maximum Gasteiger partial charge on any atom is 0.230 e. The van der Waals surface area contributed by atoms with Crippen molar-refractivity contribution in [1.29, 1.82) is 0 Å². The zero-order chi connectivity index (χ0) is 11.5. The van der Waals surface area contributed by atoms with Crippen LogP contribution < -0.4 is 11.1 Å². The molecule has 86 valence electrons. The largest absolute Gasteiger partial charge is 0.409 e. The van der Waals surface area contributed by atoms with Crippen molar-refractivity contribution >= 4 is 23.5 Å². The molecule has 1 unspecified atom stereocenters. The average molecular weight is 231 g/mol.